The third-order valence-corrected chi connectivity index (χ3v) is 7.62. The van der Waals surface area contributed by atoms with E-state index in [1.54, 1.807) is 0 Å². The summed E-state index contributed by atoms with van der Waals surface area (Å²) < 4.78 is 5.62. The van der Waals surface area contributed by atoms with Gasteiger partial charge in [0.15, 0.2) is 6.10 Å². The second kappa shape index (κ2) is 11.8. The summed E-state index contributed by atoms with van der Waals surface area (Å²) in [7, 11) is 0. The number of nitrogens with zero attached hydrogens (tertiary/aromatic N) is 1. The Morgan fingerprint density at radius 2 is 1.79 bits per heavy atom. The van der Waals surface area contributed by atoms with Crippen molar-refractivity contribution in [2.75, 3.05) is 11.9 Å². The smallest absolute Gasteiger partial charge is 0.408 e. The van der Waals surface area contributed by atoms with Crippen LogP contribution in [0.4, 0.5) is 10.5 Å². The number of amides is 4. The Morgan fingerprint density at radius 3 is 2.51 bits per heavy atom. The Morgan fingerprint density at radius 1 is 1.05 bits per heavy atom. The van der Waals surface area contributed by atoms with E-state index in [4.69, 9.17) is 4.74 Å². The summed E-state index contributed by atoms with van der Waals surface area (Å²) in [6, 6.07) is 6.83. The molecule has 0 unspecified atom stereocenters. The fraction of sp³-hybridized carbons (Fsp3) is 0.600. The highest BCUT2D eigenvalue weighted by Gasteiger charge is 2.60. The van der Waals surface area contributed by atoms with E-state index in [9.17, 15) is 19.2 Å². The van der Waals surface area contributed by atoms with Crippen LogP contribution in [0.15, 0.2) is 36.4 Å². The van der Waals surface area contributed by atoms with Gasteiger partial charge in [-0.3, -0.25) is 14.4 Å². The van der Waals surface area contributed by atoms with E-state index in [2.05, 4.69) is 22.0 Å². The van der Waals surface area contributed by atoms with E-state index in [1.165, 1.54) is 4.90 Å². The van der Waals surface area contributed by atoms with E-state index in [0.717, 1.165) is 31.2 Å². The number of aryl methyl sites for hydroxylation is 1. The average Bonchev–Trinajstić information content (AvgIpc) is 3.32. The summed E-state index contributed by atoms with van der Waals surface area (Å²) in [5.74, 6) is -1.06. The molecule has 2 fully saturated rings. The Balaban J connectivity index is 1.54. The van der Waals surface area contributed by atoms with Crippen molar-refractivity contribution in [2.45, 2.75) is 102 Å². The van der Waals surface area contributed by atoms with Crippen LogP contribution in [0.1, 0.15) is 77.7 Å². The zero-order valence-corrected chi connectivity index (χ0v) is 23.5. The van der Waals surface area contributed by atoms with Gasteiger partial charge in [-0.2, -0.15) is 0 Å². The number of benzene rings is 1. The Hall–Kier alpha value is -3.36. The molecule has 4 amide bonds. The van der Waals surface area contributed by atoms with Gasteiger partial charge in [-0.1, -0.05) is 36.3 Å². The molecule has 9 nitrogen and oxygen atoms in total. The molecular weight excluding hydrogens is 496 g/mol. The van der Waals surface area contributed by atoms with Crippen molar-refractivity contribution in [3.8, 4) is 0 Å². The van der Waals surface area contributed by atoms with Gasteiger partial charge in [0.05, 0.1) is 0 Å². The van der Waals surface area contributed by atoms with Crippen LogP contribution in [0.3, 0.4) is 0 Å². The van der Waals surface area contributed by atoms with Crippen LogP contribution in [-0.4, -0.2) is 58.5 Å². The van der Waals surface area contributed by atoms with Gasteiger partial charge in [0.1, 0.15) is 11.6 Å². The Labute approximate surface area is 231 Å². The van der Waals surface area contributed by atoms with Gasteiger partial charge in [-0.05, 0) is 84.8 Å². The van der Waals surface area contributed by atoms with Crippen LogP contribution in [0.5, 0.6) is 0 Å². The quantitative estimate of drug-likeness (QED) is 0.499. The summed E-state index contributed by atoms with van der Waals surface area (Å²) in [6.07, 6.45) is 7.92. The number of hydrogen-bond donors (Lipinski definition) is 3. The number of ether oxygens (including phenoxy) is 1. The molecule has 3 N–H and O–H groups in total. The number of anilines is 1. The third-order valence-electron chi connectivity index (χ3n) is 7.62. The molecular formula is C30H42N4O5. The molecule has 39 heavy (non-hydrogen) atoms. The molecule has 2 heterocycles. The second-order valence-electron chi connectivity index (χ2n) is 12.1. The molecule has 0 spiro atoms. The number of alkyl carbamates (subject to hydrolysis) is 1. The number of allylic oxidation sites excluding steroid dienone is 1. The molecule has 212 valence electrons. The molecule has 0 bridgehead atoms. The van der Waals surface area contributed by atoms with Crippen molar-refractivity contribution in [3.63, 3.8) is 0 Å². The topological polar surface area (TPSA) is 117 Å². The van der Waals surface area contributed by atoms with Gasteiger partial charge in [0.25, 0.3) is 11.8 Å². The Bertz CT molecular complexity index is 1110. The lowest BCUT2D eigenvalue weighted by Crippen LogP contribution is -2.56. The first-order chi connectivity index (χ1) is 18.5. The lowest BCUT2D eigenvalue weighted by Gasteiger charge is -2.30. The first kappa shape index (κ1) is 28.6. The van der Waals surface area contributed by atoms with Gasteiger partial charge in [0, 0.05) is 23.7 Å². The lowest BCUT2D eigenvalue weighted by atomic mass is 10.1. The van der Waals surface area contributed by atoms with Gasteiger partial charge in [-0.25, -0.2) is 4.79 Å². The van der Waals surface area contributed by atoms with Crippen molar-refractivity contribution >= 4 is 29.5 Å². The van der Waals surface area contributed by atoms with Crippen molar-refractivity contribution < 1.29 is 23.9 Å². The fourth-order valence-electron chi connectivity index (χ4n) is 5.38. The number of nitrogens with one attached hydrogen (secondary N) is 3. The summed E-state index contributed by atoms with van der Waals surface area (Å²) in [5, 5.41) is 8.76. The molecule has 1 saturated heterocycles. The van der Waals surface area contributed by atoms with E-state index in [1.807, 2.05) is 58.0 Å². The number of rotatable bonds is 3. The normalized spacial score (nSPS) is 27.8. The minimum absolute atomic E-state index is 0.111. The maximum Gasteiger partial charge on any atom is 0.408 e. The summed E-state index contributed by atoms with van der Waals surface area (Å²) in [5.41, 5.74) is 0.199. The van der Waals surface area contributed by atoms with Crippen LogP contribution < -0.4 is 16.0 Å². The minimum Gasteiger partial charge on any atom is -0.436 e. The fourth-order valence-corrected chi connectivity index (χ4v) is 5.38. The Kier molecular flexibility index (Phi) is 8.67. The van der Waals surface area contributed by atoms with Crippen molar-refractivity contribution in [3.05, 3.63) is 42.0 Å². The molecule has 2 aliphatic heterocycles. The maximum absolute atomic E-state index is 13.6. The highest BCUT2D eigenvalue weighted by Crippen LogP contribution is 2.46. The van der Waals surface area contributed by atoms with Gasteiger partial charge in [-0.15, -0.1) is 0 Å². The molecule has 1 aromatic carbocycles. The van der Waals surface area contributed by atoms with E-state index in [-0.39, 0.29) is 23.6 Å². The average molecular weight is 539 g/mol. The molecule has 1 saturated carbocycles. The van der Waals surface area contributed by atoms with E-state index >= 15 is 0 Å². The molecule has 1 aromatic rings. The van der Waals surface area contributed by atoms with Crippen molar-refractivity contribution in [1.29, 1.82) is 0 Å². The summed E-state index contributed by atoms with van der Waals surface area (Å²) in [6.45, 7) is 7.92. The number of hydrogen-bond acceptors (Lipinski definition) is 5. The number of carbonyl (C=O) groups excluding carboxylic acids is 4. The van der Waals surface area contributed by atoms with Crippen LogP contribution in [0, 0.1) is 12.8 Å². The molecule has 3 aliphatic rings. The van der Waals surface area contributed by atoms with Gasteiger partial charge >= 0.3 is 6.09 Å². The van der Waals surface area contributed by atoms with E-state index in [0.29, 0.717) is 37.9 Å². The molecule has 1 aliphatic carbocycles. The zero-order valence-electron chi connectivity index (χ0n) is 23.5. The second-order valence-corrected chi connectivity index (χ2v) is 12.1. The highest BCUT2D eigenvalue weighted by molar-refractivity contribution is 6.04. The van der Waals surface area contributed by atoms with Crippen LogP contribution >= 0.6 is 0 Å². The van der Waals surface area contributed by atoms with Crippen LogP contribution in [-0.2, 0) is 19.1 Å². The standard InChI is InChI=1S/C30H42N4O5/c1-20-14-16-22(17-15-20)31-27(37)30-19-21(30)11-8-6-5-7-9-13-24(39-28(38)33-29(2,3)4)26(36)34-18-10-12-23(34)25(35)32-30/h8,11,14-17,21,23-24H,5-7,9-10,12-13,18-19H2,1-4H3,(H,31,37)(H,32,35)(H,33,38)/t21-,23+,24+,30-/m1/s1. The predicted octanol–water partition coefficient (Wildman–Crippen LogP) is 4.21. The van der Waals surface area contributed by atoms with Crippen molar-refractivity contribution in [2.24, 2.45) is 5.92 Å². The predicted molar refractivity (Wildman–Crippen MR) is 149 cm³/mol. The van der Waals surface area contributed by atoms with Crippen LogP contribution in [0.2, 0.25) is 0 Å². The maximum atomic E-state index is 13.6. The van der Waals surface area contributed by atoms with Gasteiger partial charge < -0.3 is 25.6 Å². The van der Waals surface area contributed by atoms with Gasteiger partial charge in [0.2, 0.25) is 5.91 Å². The first-order valence-corrected chi connectivity index (χ1v) is 14.1. The molecule has 4 atom stereocenters. The number of fused-ring (bicyclic) bond motifs is 2. The lowest BCUT2D eigenvalue weighted by molar-refractivity contribution is -0.146. The highest BCUT2D eigenvalue weighted by atomic mass is 16.6. The SMILES string of the molecule is Cc1ccc(NC(=O)[C@@]23C[C@H]2C=CCCCCC[C@H](OC(=O)NC(C)(C)C)C(=O)N2CCC[C@H]2C(=O)N3)cc1. The molecule has 9 heteroatoms. The van der Waals surface area contributed by atoms with Crippen LogP contribution in [0.25, 0.3) is 0 Å². The van der Waals surface area contributed by atoms with Crippen molar-refractivity contribution in [1.82, 2.24) is 15.5 Å². The molecule has 0 radical (unpaired) electrons. The monoisotopic (exact) mass is 538 g/mol. The summed E-state index contributed by atoms with van der Waals surface area (Å²) in [4.78, 5) is 54.8. The zero-order chi connectivity index (χ0) is 28.2. The van der Waals surface area contributed by atoms with E-state index < -0.39 is 29.3 Å². The molecule has 0 aromatic heterocycles. The largest absolute Gasteiger partial charge is 0.436 e. The minimum atomic E-state index is -1.06. The number of carbonyl (C=O) groups is 4. The summed E-state index contributed by atoms with van der Waals surface area (Å²) >= 11 is 0. The third kappa shape index (κ3) is 7.19. The molecule has 4 rings (SSSR count). The first-order valence-electron chi connectivity index (χ1n) is 14.1.